The van der Waals surface area contributed by atoms with Crippen LogP contribution in [0.15, 0.2) is 47.6 Å². The van der Waals surface area contributed by atoms with Crippen LogP contribution in [0.4, 0.5) is 5.69 Å². The maximum Gasteiger partial charge on any atom is 0.237 e. The Kier molecular flexibility index (Phi) is 8.30. The molecule has 3 aromatic rings. The van der Waals surface area contributed by atoms with Gasteiger partial charge in [0, 0.05) is 22.9 Å². The fourth-order valence-electron chi connectivity index (χ4n) is 4.47. The third-order valence-electron chi connectivity index (χ3n) is 6.43. The summed E-state index contributed by atoms with van der Waals surface area (Å²) in [5.74, 6) is 1.83. The number of methoxy groups -OCH3 is 2. The van der Waals surface area contributed by atoms with Gasteiger partial charge in [0.05, 0.1) is 19.5 Å². The summed E-state index contributed by atoms with van der Waals surface area (Å²) >= 11 is 1.39. The van der Waals surface area contributed by atoms with Gasteiger partial charge in [-0.15, -0.1) is 10.2 Å². The Morgan fingerprint density at radius 2 is 1.78 bits per heavy atom. The molecule has 1 aliphatic carbocycles. The van der Waals surface area contributed by atoms with Crippen LogP contribution < -0.4 is 14.8 Å². The van der Waals surface area contributed by atoms with Crippen LogP contribution >= 0.6 is 11.8 Å². The number of ketones is 1. The van der Waals surface area contributed by atoms with Crippen molar-refractivity contribution in [1.29, 1.82) is 0 Å². The quantitative estimate of drug-likeness (QED) is 0.289. The van der Waals surface area contributed by atoms with Crippen molar-refractivity contribution in [3.63, 3.8) is 0 Å². The largest absolute Gasteiger partial charge is 0.493 e. The first kappa shape index (κ1) is 25.8. The van der Waals surface area contributed by atoms with Crippen molar-refractivity contribution in [1.82, 2.24) is 14.8 Å². The van der Waals surface area contributed by atoms with Gasteiger partial charge < -0.3 is 14.8 Å². The first-order valence-electron chi connectivity index (χ1n) is 12.2. The van der Waals surface area contributed by atoms with Crippen molar-refractivity contribution in [3.8, 4) is 22.9 Å². The summed E-state index contributed by atoms with van der Waals surface area (Å²) in [7, 11) is 3.22. The average Bonchev–Trinajstić information content (AvgIpc) is 3.32. The number of amides is 1. The minimum Gasteiger partial charge on any atom is -0.493 e. The summed E-state index contributed by atoms with van der Waals surface area (Å²) < 4.78 is 13.1. The first-order valence-corrected chi connectivity index (χ1v) is 13.0. The number of thioether (sulfide) groups is 1. The van der Waals surface area contributed by atoms with Crippen LogP contribution in [0.3, 0.4) is 0 Å². The van der Waals surface area contributed by atoms with E-state index in [2.05, 4.69) is 20.1 Å². The molecule has 1 aromatic heterocycles. The molecule has 1 fully saturated rings. The highest BCUT2D eigenvalue weighted by Crippen LogP contribution is 2.38. The number of carbonyl (C=O) groups excluding carboxylic acids is 2. The van der Waals surface area contributed by atoms with Crippen LogP contribution in [0.25, 0.3) is 11.4 Å². The third kappa shape index (κ3) is 5.73. The first-order chi connectivity index (χ1) is 17.4. The van der Waals surface area contributed by atoms with Gasteiger partial charge in [-0.25, -0.2) is 0 Å². The predicted molar refractivity (Wildman–Crippen MR) is 141 cm³/mol. The zero-order chi connectivity index (χ0) is 25.7. The monoisotopic (exact) mass is 508 g/mol. The number of aromatic nitrogens is 3. The van der Waals surface area contributed by atoms with E-state index >= 15 is 0 Å². The highest BCUT2D eigenvalue weighted by atomic mass is 32.2. The lowest BCUT2D eigenvalue weighted by Crippen LogP contribution is -2.23. The summed E-state index contributed by atoms with van der Waals surface area (Å²) in [6.45, 7) is 3.36. The Morgan fingerprint density at radius 3 is 2.47 bits per heavy atom. The zero-order valence-corrected chi connectivity index (χ0v) is 21.9. The van der Waals surface area contributed by atoms with E-state index in [4.69, 9.17) is 9.47 Å². The van der Waals surface area contributed by atoms with Crippen molar-refractivity contribution in [2.45, 2.75) is 62.4 Å². The number of anilines is 1. The lowest BCUT2D eigenvalue weighted by Gasteiger charge is -2.26. The summed E-state index contributed by atoms with van der Waals surface area (Å²) in [6, 6.07) is 13.0. The number of Topliss-reactive ketones (excluding diaryl/α,β-unsaturated/α-hetero) is 1. The average molecular weight is 509 g/mol. The highest BCUT2D eigenvalue weighted by Gasteiger charge is 2.27. The summed E-state index contributed by atoms with van der Waals surface area (Å²) in [6.07, 6.45) is 5.63. The molecule has 190 valence electrons. The van der Waals surface area contributed by atoms with Crippen molar-refractivity contribution < 1.29 is 19.1 Å². The van der Waals surface area contributed by atoms with E-state index < -0.39 is 5.25 Å². The minimum atomic E-state index is -0.421. The molecule has 1 N–H and O–H groups in total. The Morgan fingerprint density at radius 1 is 1.03 bits per heavy atom. The Labute approximate surface area is 215 Å². The second-order valence-electron chi connectivity index (χ2n) is 8.92. The van der Waals surface area contributed by atoms with Crippen molar-refractivity contribution in [3.05, 3.63) is 48.0 Å². The second kappa shape index (κ2) is 11.6. The fourth-order valence-corrected chi connectivity index (χ4v) is 5.39. The van der Waals surface area contributed by atoms with Crippen LogP contribution in [-0.4, -0.2) is 45.9 Å². The number of nitrogens with zero attached hydrogens (tertiary/aromatic N) is 3. The van der Waals surface area contributed by atoms with Crippen molar-refractivity contribution >= 4 is 29.1 Å². The predicted octanol–water partition coefficient (Wildman–Crippen LogP) is 5.79. The van der Waals surface area contributed by atoms with Crippen LogP contribution in [0.2, 0.25) is 0 Å². The van der Waals surface area contributed by atoms with Gasteiger partial charge >= 0.3 is 0 Å². The number of ether oxygens (including phenoxy) is 2. The van der Waals surface area contributed by atoms with E-state index in [9.17, 15) is 9.59 Å². The molecule has 1 atom stereocenters. The Balaban J connectivity index is 1.60. The standard InChI is InChI=1S/C27H32N4O4S/c1-17(32)19-9-8-10-21(15-19)28-26(33)18(2)36-27-30-29-25(31(27)22-11-6-5-7-12-22)20-13-14-23(34-3)24(16-20)35-4/h8-10,13-16,18,22H,5-7,11-12H2,1-4H3,(H,28,33)/t18-/m0/s1. The van der Waals surface area contributed by atoms with Crippen LogP contribution in [0, 0.1) is 0 Å². The van der Waals surface area contributed by atoms with Crippen LogP contribution in [0.1, 0.15) is 62.4 Å². The molecule has 1 aliphatic rings. The summed E-state index contributed by atoms with van der Waals surface area (Å²) in [4.78, 5) is 24.7. The molecule has 0 spiro atoms. The topological polar surface area (TPSA) is 95.3 Å². The number of carbonyl (C=O) groups is 2. The van der Waals surface area contributed by atoms with Crippen LogP contribution in [0.5, 0.6) is 11.5 Å². The SMILES string of the molecule is COc1ccc(-c2nnc(S[C@@H](C)C(=O)Nc3cccc(C(C)=O)c3)n2C2CCCCC2)cc1OC. The smallest absolute Gasteiger partial charge is 0.237 e. The number of benzene rings is 2. The number of hydrogen-bond acceptors (Lipinski definition) is 7. The highest BCUT2D eigenvalue weighted by molar-refractivity contribution is 8.00. The Bertz CT molecular complexity index is 1240. The molecular weight excluding hydrogens is 476 g/mol. The number of nitrogens with one attached hydrogen (secondary N) is 1. The molecule has 1 heterocycles. The van der Waals surface area contributed by atoms with Gasteiger partial charge in [-0.05, 0) is 57.0 Å². The van der Waals surface area contributed by atoms with Gasteiger partial charge in [0.15, 0.2) is 28.3 Å². The van der Waals surface area contributed by atoms with E-state index in [0.717, 1.165) is 37.1 Å². The van der Waals surface area contributed by atoms with E-state index in [1.165, 1.54) is 25.1 Å². The van der Waals surface area contributed by atoms with Gasteiger partial charge in [0.25, 0.3) is 0 Å². The van der Waals surface area contributed by atoms with E-state index in [0.29, 0.717) is 27.9 Å². The molecule has 1 saturated carbocycles. The minimum absolute atomic E-state index is 0.0446. The van der Waals surface area contributed by atoms with Gasteiger partial charge in [0.2, 0.25) is 5.91 Å². The Hall–Kier alpha value is -3.33. The lowest BCUT2D eigenvalue weighted by atomic mass is 9.95. The molecule has 1 amide bonds. The van der Waals surface area contributed by atoms with Crippen LogP contribution in [-0.2, 0) is 4.79 Å². The van der Waals surface area contributed by atoms with Gasteiger partial charge in [-0.3, -0.25) is 14.2 Å². The van der Waals surface area contributed by atoms with E-state index in [-0.39, 0.29) is 17.7 Å². The normalized spacial score (nSPS) is 14.8. The number of rotatable bonds is 9. The van der Waals surface area contributed by atoms with Gasteiger partial charge in [-0.2, -0.15) is 0 Å². The lowest BCUT2D eigenvalue weighted by molar-refractivity contribution is -0.115. The maximum absolute atomic E-state index is 13.0. The zero-order valence-electron chi connectivity index (χ0n) is 21.1. The molecule has 36 heavy (non-hydrogen) atoms. The van der Waals surface area contributed by atoms with Crippen molar-refractivity contribution in [2.75, 3.05) is 19.5 Å². The van der Waals surface area contributed by atoms with E-state index in [1.54, 1.807) is 38.5 Å². The molecule has 0 radical (unpaired) electrons. The molecule has 0 aliphatic heterocycles. The summed E-state index contributed by atoms with van der Waals surface area (Å²) in [5.41, 5.74) is 2.04. The van der Waals surface area contributed by atoms with E-state index in [1.807, 2.05) is 25.1 Å². The second-order valence-corrected chi connectivity index (χ2v) is 10.2. The molecule has 0 saturated heterocycles. The van der Waals surface area contributed by atoms with Crippen molar-refractivity contribution in [2.24, 2.45) is 0 Å². The molecule has 0 bridgehead atoms. The maximum atomic E-state index is 13.0. The van der Waals surface area contributed by atoms with Gasteiger partial charge in [0.1, 0.15) is 0 Å². The third-order valence-corrected chi connectivity index (χ3v) is 7.49. The molecule has 9 heteroatoms. The number of hydrogen-bond donors (Lipinski definition) is 1. The van der Waals surface area contributed by atoms with Gasteiger partial charge in [-0.1, -0.05) is 43.2 Å². The summed E-state index contributed by atoms with van der Waals surface area (Å²) in [5, 5.41) is 12.3. The fraction of sp³-hybridized carbons (Fsp3) is 0.407. The molecular formula is C27H32N4O4S. The molecule has 8 nitrogen and oxygen atoms in total. The molecule has 4 rings (SSSR count). The molecule has 0 unspecified atom stereocenters. The molecule has 2 aromatic carbocycles.